The summed E-state index contributed by atoms with van der Waals surface area (Å²) in [5, 5.41) is 3.14. The molecule has 2 aromatic rings. The first-order valence-corrected chi connectivity index (χ1v) is 9.66. The summed E-state index contributed by atoms with van der Waals surface area (Å²) in [6, 6.07) is 6.68. The van der Waals surface area contributed by atoms with E-state index in [1.54, 1.807) is 4.57 Å². The van der Waals surface area contributed by atoms with Gasteiger partial charge in [-0.15, -0.1) is 0 Å². The van der Waals surface area contributed by atoms with Crippen molar-refractivity contribution in [1.82, 2.24) is 14.9 Å². The molecule has 0 bridgehead atoms. The van der Waals surface area contributed by atoms with E-state index in [2.05, 4.69) is 35.4 Å². The molecule has 1 unspecified atom stereocenters. The Morgan fingerprint density at radius 1 is 1.23 bits per heavy atom. The number of nitrogens with zero attached hydrogens (tertiary/aromatic N) is 1. The molecule has 1 aliphatic rings. The van der Waals surface area contributed by atoms with Crippen LogP contribution in [0.3, 0.4) is 0 Å². The molecule has 0 saturated carbocycles. The van der Waals surface area contributed by atoms with Crippen molar-refractivity contribution >= 4 is 5.91 Å². The second-order valence-corrected chi connectivity index (χ2v) is 7.31. The minimum absolute atomic E-state index is 0.0141. The number of carbonyl (C=O) groups excluding carboxylic acids is 1. The third-order valence-corrected chi connectivity index (χ3v) is 5.57. The third kappa shape index (κ3) is 3.92. The van der Waals surface area contributed by atoms with Crippen LogP contribution in [0, 0.1) is 13.8 Å². The van der Waals surface area contributed by atoms with Crippen molar-refractivity contribution in [3.05, 3.63) is 56.8 Å². The monoisotopic (exact) mass is 355 g/mol. The van der Waals surface area contributed by atoms with Crippen LogP contribution in [0.1, 0.15) is 66.7 Å². The summed E-state index contributed by atoms with van der Waals surface area (Å²) in [4.78, 5) is 27.1. The zero-order valence-electron chi connectivity index (χ0n) is 16.0. The average molecular weight is 355 g/mol. The van der Waals surface area contributed by atoms with Gasteiger partial charge < -0.3 is 10.3 Å². The summed E-state index contributed by atoms with van der Waals surface area (Å²) < 4.78 is 1.63. The number of imidazole rings is 1. The molecular weight excluding hydrogens is 326 g/mol. The summed E-state index contributed by atoms with van der Waals surface area (Å²) in [6.45, 7) is 6.26. The average Bonchev–Trinajstić information content (AvgIpc) is 2.89. The van der Waals surface area contributed by atoms with Crippen LogP contribution in [0.2, 0.25) is 0 Å². The number of hydrogen-bond donors (Lipinski definition) is 2. The summed E-state index contributed by atoms with van der Waals surface area (Å²) >= 11 is 0. The Bertz CT molecular complexity index is 847. The van der Waals surface area contributed by atoms with Crippen LogP contribution in [0.25, 0.3) is 0 Å². The van der Waals surface area contributed by atoms with E-state index < -0.39 is 0 Å². The predicted molar refractivity (Wildman–Crippen MR) is 103 cm³/mol. The van der Waals surface area contributed by atoms with Gasteiger partial charge in [0.25, 0.3) is 0 Å². The lowest BCUT2D eigenvalue weighted by molar-refractivity contribution is -0.122. The Morgan fingerprint density at radius 2 is 1.96 bits per heavy atom. The number of rotatable bonds is 6. The van der Waals surface area contributed by atoms with Gasteiger partial charge in [-0.05, 0) is 62.6 Å². The number of aromatic amines is 1. The van der Waals surface area contributed by atoms with Crippen LogP contribution in [0.5, 0.6) is 0 Å². The van der Waals surface area contributed by atoms with Gasteiger partial charge in [-0.25, -0.2) is 4.79 Å². The van der Waals surface area contributed by atoms with Crippen molar-refractivity contribution in [2.75, 3.05) is 0 Å². The lowest BCUT2D eigenvalue weighted by atomic mass is 9.89. The highest BCUT2D eigenvalue weighted by molar-refractivity contribution is 5.76. The second-order valence-electron chi connectivity index (χ2n) is 7.31. The third-order valence-electron chi connectivity index (χ3n) is 5.57. The molecule has 1 heterocycles. The molecule has 1 amide bonds. The van der Waals surface area contributed by atoms with E-state index in [0.717, 1.165) is 24.2 Å². The quantitative estimate of drug-likeness (QED) is 0.835. The Hall–Kier alpha value is -2.30. The lowest BCUT2D eigenvalue weighted by Gasteiger charge is -2.22. The van der Waals surface area contributed by atoms with E-state index in [4.69, 9.17) is 0 Å². The van der Waals surface area contributed by atoms with Gasteiger partial charge in [0.1, 0.15) is 0 Å². The van der Waals surface area contributed by atoms with Gasteiger partial charge in [-0.1, -0.05) is 25.1 Å². The largest absolute Gasteiger partial charge is 0.349 e. The van der Waals surface area contributed by atoms with Crippen molar-refractivity contribution in [2.45, 2.75) is 71.9 Å². The molecule has 140 valence electrons. The SMILES string of the molecule is CCC(NC(=O)CCn1c(C)c(C)[nH]c1=O)c1ccc2c(c1)CCCC2. The topological polar surface area (TPSA) is 66.9 Å². The molecular formula is C21H29N3O2. The number of benzene rings is 1. The van der Waals surface area contributed by atoms with Crippen molar-refractivity contribution < 1.29 is 4.79 Å². The Balaban J connectivity index is 1.64. The first-order valence-electron chi connectivity index (χ1n) is 9.66. The maximum Gasteiger partial charge on any atom is 0.325 e. The number of H-pyrrole nitrogens is 1. The van der Waals surface area contributed by atoms with Crippen LogP contribution in [-0.2, 0) is 24.2 Å². The number of hydrogen-bond acceptors (Lipinski definition) is 2. The second kappa shape index (κ2) is 7.94. The molecule has 0 aliphatic heterocycles. The van der Waals surface area contributed by atoms with Gasteiger partial charge in [0, 0.05) is 24.4 Å². The van der Waals surface area contributed by atoms with E-state index in [9.17, 15) is 9.59 Å². The van der Waals surface area contributed by atoms with Crippen LogP contribution < -0.4 is 11.0 Å². The van der Waals surface area contributed by atoms with E-state index in [-0.39, 0.29) is 17.6 Å². The van der Waals surface area contributed by atoms with E-state index in [0.29, 0.717) is 13.0 Å². The maximum atomic E-state index is 12.4. The van der Waals surface area contributed by atoms with Gasteiger partial charge in [-0.3, -0.25) is 9.36 Å². The normalized spacial score (nSPS) is 14.7. The highest BCUT2D eigenvalue weighted by Gasteiger charge is 2.17. The molecule has 0 saturated heterocycles. The minimum atomic E-state index is -0.144. The summed E-state index contributed by atoms with van der Waals surface area (Å²) in [7, 11) is 0. The number of aromatic nitrogens is 2. The molecule has 1 aliphatic carbocycles. The maximum absolute atomic E-state index is 12.4. The number of aryl methyl sites for hydroxylation is 3. The standard InChI is InChI=1S/C21H29N3O2/c1-4-19(18-10-9-16-7-5-6-8-17(16)13-18)23-20(25)11-12-24-15(3)14(2)22-21(24)26/h9-10,13,19H,4-8,11-12H2,1-3H3,(H,22,26)(H,23,25). The zero-order chi connectivity index (χ0) is 18.7. The smallest absolute Gasteiger partial charge is 0.325 e. The van der Waals surface area contributed by atoms with E-state index in [1.165, 1.54) is 36.0 Å². The van der Waals surface area contributed by atoms with Gasteiger partial charge in [0.15, 0.2) is 0 Å². The highest BCUT2D eigenvalue weighted by atomic mass is 16.2. The van der Waals surface area contributed by atoms with Gasteiger partial charge in [-0.2, -0.15) is 0 Å². The van der Waals surface area contributed by atoms with Crippen molar-refractivity contribution in [3.63, 3.8) is 0 Å². The van der Waals surface area contributed by atoms with Crippen LogP contribution in [0.4, 0.5) is 0 Å². The summed E-state index contributed by atoms with van der Waals surface area (Å²) in [5.74, 6) is -0.0141. The minimum Gasteiger partial charge on any atom is -0.349 e. The number of carbonyl (C=O) groups is 1. The molecule has 0 spiro atoms. The van der Waals surface area contributed by atoms with E-state index >= 15 is 0 Å². The van der Waals surface area contributed by atoms with Crippen molar-refractivity contribution in [1.29, 1.82) is 0 Å². The molecule has 26 heavy (non-hydrogen) atoms. The zero-order valence-corrected chi connectivity index (χ0v) is 16.0. The fourth-order valence-electron chi connectivity index (χ4n) is 3.81. The number of fused-ring (bicyclic) bond motifs is 1. The molecule has 1 aromatic carbocycles. The number of amides is 1. The van der Waals surface area contributed by atoms with Crippen LogP contribution >= 0.6 is 0 Å². The molecule has 5 heteroatoms. The fourth-order valence-corrected chi connectivity index (χ4v) is 3.81. The first-order chi connectivity index (χ1) is 12.5. The molecule has 0 radical (unpaired) electrons. The highest BCUT2D eigenvalue weighted by Crippen LogP contribution is 2.26. The predicted octanol–water partition coefficient (Wildman–Crippen LogP) is 3.33. The van der Waals surface area contributed by atoms with Crippen LogP contribution in [0.15, 0.2) is 23.0 Å². The molecule has 1 aromatic heterocycles. The number of nitrogens with one attached hydrogen (secondary N) is 2. The van der Waals surface area contributed by atoms with Crippen molar-refractivity contribution in [3.8, 4) is 0 Å². The molecule has 3 rings (SSSR count). The molecule has 5 nitrogen and oxygen atoms in total. The Kier molecular flexibility index (Phi) is 5.64. The van der Waals surface area contributed by atoms with Gasteiger partial charge in [0.05, 0.1) is 6.04 Å². The fraction of sp³-hybridized carbons (Fsp3) is 0.524. The molecule has 1 atom stereocenters. The van der Waals surface area contributed by atoms with Crippen molar-refractivity contribution in [2.24, 2.45) is 0 Å². The summed E-state index contributed by atoms with van der Waals surface area (Å²) in [5.41, 5.74) is 5.69. The lowest BCUT2D eigenvalue weighted by Crippen LogP contribution is -2.30. The van der Waals surface area contributed by atoms with E-state index in [1.807, 2.05) is 13.8 Å². The Morgan fingerprint density at radius 3 is 2.62 bits per heavy atom. The van der Waals surface area contributed by atoms with Gasteiger partial charge >= 0.3 is 5.69 Å². The summed E-state index contributed by atoms with van der Waals surface area (Å²) in [6.07, 6.45) is 6.00. The first kappa shape index (κ1) is 18.5. The Labute approximate surface area is 154 Å². The van der Waals surface area contributed by atoms with Gasteiger partial charge in [0.2, 0.25) is 5.91 Å². The molecule has 2 N–H and O–H groups in total. The van der Waals surface area contributed by atoms with Crippen LogP contribution in [-0.4, -0.2) is 15.5 Å². The molecule has 0 fully saturated rings.